The van der Waals surface area contributed by atoms with E-state index in [1.54, 1.807) is 0 Å². The minimum Gasteiger partial charge on any atom is -0.327 e. The average Bonchev–Trinajstić information content (AvgIpc) is 3.42. The highest BCUT2D eigenvalue weighted by atomic mass is 32.2. The van der Waals surface area contributed by atoms with Crippen LogP contribution in [0.4, 0.5) is 26.3 Å². The molecule has 0 N–H and O–H groups in total. The van der Waals surface area contributed by atoms with Crippen molar-refractivity contribution in [3.8, 4) is 11.5 Å². The van der Waals surface area contributed by atoms with Gasteiger partial charge in [0.1, 0.15) is 5.69 Å². The number of alkyl halides is 6. The van der Waals surface area contributed by atoms with Crippen LogP contribution in [0.2, 0.25) is 0 Å². The highest BCUT2D eigenvalue weighted by Crippen LogP contribution is 2.47. The molecular formula is C17H17F6N3O2S. The summed E-state index contributed by atoms with van der Waals surface area (Å²) in [4.78, 5) is 7.55. The third-order valence-corrected chi connectivity index (χ3v) is 6.57. The number of hydrogen-bond donors (Lipinski definition) is 0. The van der Waals surface area contributed by atoms with Gasteiger partial charge in [-0.1, -0.05) is 6.92 Å². The highest BCUT2D eigenvalue weighted by molar-refractivity contribution is 7.91. The van der Waals surface area contributed by atoms with Crippen molar-refractivity contribution < 1.29 is 34.8 Å². The van der Waals surface area contributed by atoms with Crippen molar-refractivity contribution >= 4 is 9.84 Å². The second-order valence-electron chi connectivity index (χ2n) is 6.84. The van der Waals surface area contributed by atoms with Gasteiger partial charge < -0.3 is 4.57 Å². The van der Waals surface area contributed by atoms with Crippen LogP contribution in [0.3, 0.4) is 0 Å². The Kier molecular flexibility index (Phi) is 5.21. The monoisotopic (exact) mass is 441 g/mol. The largest absolute Gasteiger partial charge is 0.456 e. The number of imidazole rings is 1. The standard InChI is InChI=1S/C17H17F6N3O2S/c1-3-29(27,28)12-6-10(9-4-5-9)7-24-13(12)15-25-8-11(26(15)2)14(18)16(19,20)17(21,22)23/h6-9,14H,3-5H2,1-2H3/t14-/m0/s1. The van der Waals surface area contributed by atoms with E-state index in [-0.39, 0.29) is 28.1 Å². The number of aromatic nitrogens is 3. The number of rotatable bonds is 6. The molecule has 2 aromatic rings. The molecule has 1 fully saturated rings. The lowest BCUT2D eigenvalue weighted by molar-refractivity contribution is -0.305. The van der Waals surface area contributed by atoms with Crippen LogP contribution < -0.4 is 0 Å². The molecular weight excluding hydrogens is 424 g/mol. The molecule has 2 aromatic heterocycles. The Morgan fingerprint density at radius 2 is 1.79 bits per heavy atom. The molecule has 0 amide bonds. The predicted molar refractivity (Wildman–Crippen MR) is 91.0 cm³/mol. The Morgan fingerprint density at radius 3 is 2.31 bits per heavy atom. The molecule has 0 saturated heterocycles. The van der Waals surface area contributed by atoms with Gasteiger partial charge in [0, 0.05) is 13.2 Å². The molecule has 5 nitrogen and oxygen atoms in total. The number of pyridine rings is 1. The van der Waals surface area contributed by atoms with E-state index in [4.69, 9.17) is 0 Å². The van der Waals surface area contributed by atoms with Crippen molar-refractivity contribution in [3.05, 3.63) is 29.7 Å². The van der Waals surface area contributed by atoms with Gasteiger partial charge in [-0.15, -0.1) is 0 Å². The maximum atomic E-state index is 14.1. The Hall–Kier alpha value is -2.11. The molecule has 2 heterocycles. The number of sulfone groups is 1. The molecule has 29 heavy (non-hydrogen) atoms. The molecule has 0 bridgehead atoms. The number of halogens is 6. The van der Waals surface area contributed by atoms with E-state index < -0.39 is 33.8 Å². The number of nitrogens with zero attached hydrogens (tertiary/aromatic N) is 3. The molecule has 0 radical (unpaired) electrons. The topological polar surface area (TPSA) is 64.8 Å². The lowest BCUT2D eigenvalue weighted by Gasteiger charge is -2.23. The average molecular weight is 441 g/mol. The third kappa shape index (κ3) is 3.74. The maximum absolute atomic E-state index is 14.1. The van der Waals surface area contributed by atoms with Crippen molar-refractivity contribution in [2.75, 3.05) is 5.75 Å². The van der Waals surface area contributed by atoms with Crippen LogP contribution in [0.5, 0.6) is 0 Å². The lowest BCUT2D eigenvalue weighted by Crippen LogP contribution is -2.41. The summed E-state index contributed by atoms with van der Waals surface area (Å²) in [7, 11) is -2.80. The van der Waals surface area contributed by atoms with Crippen molar-refractivity contribution in [1.29, 1.82) is 0 Å². The molecule has 1 atom stereocenters. The first kappa shape index (κ1) is 21.6. The van der Waals surface area contributed by atoms with Crippen molar-refractivity contribution in [2.24, 2.45) is 7.05 Å². The fourth-order valence-corrected chi connectivity index (χ4v) is 3.93. The first-order chi connectivity index (χ1) is 13.3. The first-order valence-electron chi connectivity index (χ1n) is 8.64. The second kappa shape index (κ2) is 6.99. The van der Waals surface area contributed by atoms with E-state index in [1.807, 2.05) is 0 Å². The normalized spacial score (nSPS) is 16.8. The van der Waals surface area contributed by atoms with Gasteiger partial charge >= 0.3 is 12.1 Å². The Balaban J connectivity index is 2.12. The Morgan fingerprint density at radius 1 is 1.17 bits per heavy atom. The summed E-state index contributed by atoms with van der Waals surface area (Å²) in [6, 6.07) is 1.41. The zero-order valence-corrected chi connectivity index (χ0v) is 16.2. The fourth-order valence-electron chi connectivity index (χ4n) is 2.87. The Labute approximate surface area is 162 Å². The zero-order valence-electron chi connectivity index (χ0n) is 15.3. The van der Waals surface area contributed by atoms with E-state index in [0.29, 0.717) is 16.3 Å². The van der Waals surface area contributed by atoms with Crippen LogP contribution >= 0.6 is 0 Å². The van der Waals surface area contributed by atoms with Gasteiger partial charge in [-0.25, -0.2) is 17.8 Å². The summed E-state index contributed by atoms with van der Waals surface area (Å²) in [6.07, 6.45) is -6.14. The molecule has 0 spiro atoms. The highest BCUT2D eigenvalue weighted by Gasteiger charge is 2.64. The quantitative estimate of drug-likeness (QED) is 0.625. The van der Waals surface area contributed by atoms with E-state index in [9.17, 15) is 34.8 Å². The zero-order chi connectivity index (χ0) is 21.8. The van der Waals surface area contributed by atoms with Gasteiger partial charge in [0.05, 0.1) is 22.5 Å². The molecule has 1 aliphatic carbocycles. The summed E-state index contributed by atoms with van der Waals surface area (Å²) in [6.45, 7) is 1.40. The van der Waals surface area contributed by atoms with Crippen molar-refractivity contribution in [3.63, 3.8) is 0 Å². The molecule has 0 unspecified atom stereocenters. The fraction of sp³-hybridized carbons (Fsp3) is 0.529. The van der Waals surface area contributed by atoms with E-state index in [0.717, 1.165) is 19.9 Å². The van der Waals surface area contributed by atoms with E-state index in [1.165, 1.54) is 19.2 Å². The number of hydrogen-bond acceptors (Lipinski definition) is 4. The molecule has 12 heteroatoms. The van der Waals surface area contributed by atoms with Crippen molar-refractivity contribution in [1.82, 2.24) is 14.5 Å². The summed E-state index contributed by atoms with van der Waals surface area (Å²) < 4.78 is 104. The van der Waals surface area contributed by atoms with Crippen LogP contribution in [0, 0.1) is 0 Å². The summed E-state index contributed by atoms with van der Waals surface area (Å²) in [5, 5.41) is 0. The maximum Gasteiger partial charge on any atom is 0.456 e. The van der Waals surface area contributed by atoms with Gasteiger partial charge in [-0.05, 0) is 30.4 Å². The third-order valence-electron chi connectivity index (χ3n) is 4.83. The van der Waals surface area contributed by atoms with Crippen LogP contribution in [-0.4, -0.2) is 40.8 Å². The Bertz CT molecular complexity index is 1030. The van der Waals surface area contributed by atoms with Crippen LogP contribution in [0.15, 0.2) is 23.4 Å². The van der Waals surface area contributed by atoms with Gasteiger partial charge in [-0.2, -0.15) is 22.0 Å². The van der Waals surface area contributed by atoms with Gasteiger partial charge in [0.25, 0.3) is 0 Å². The second-order valence-corrected chi connectivity index (χ2v) is 9.09. The molecule has 1 saturated carbocycles. The SMILES string of the molecule is CCS(=O)(=O)c1cc(C2CC2)cnc1-c1ncc([C@H](F)C(F)(F)C(F)(F)F)n1C. The van der Waals surface area contributed by atoms with Crippen LogP contribution in [0.1, 0.15) is 43.1 Å². The molecule has 160 valence electrons. The van der Waals surface area contributed by atoms with Crippen LogP contribution in [0.25, 0.3) is 11.5 Å². The van der Waals surface area contributed by atoms with E-state index >= 15 is 0 Å². The van der Waals surface area contributed by atoms with Crippen LogP contribution in [-0.2, 0) is 16.9 Å². The summed E-state index contributed by atoms with van der Waals surface area (Å²) >= 11 is 0. The summed E-state index contributed by atoms with van der Waals surface area (Å²) in [5.74, 6) is -6.08. The molecule has 0 aromatic carbocycles. The van der Waals surface area contributed by atoms with Gasteiger partial charge in [-0.3, -0.25) is 4.98 Å². The molecule has 1 aliphatic rings. The molecule has 0 aliphatic heterocycles. The summed E-state index contributed by atoms with van der Waals surface area (Å²) in [5.41, 5.74) is -0.593. The smallest absolute Gasteiger partial charge is 0.327 e. The minimum absolute atomic E-state index is 0.167. The van der Waals surface area contributed by atoms with E-state index in [2.05, 4.69) is 9.97 Å². The van der Waals surface area contributed by atoms with Gasteiger partial charge in [0.15, 0.2) is 15.7 Å². The van der Waals surface area contributed by atoms with Crippen molar-refractivity contribution in [2.45, 2.75) is 48.8 Å². The predicted octanol–water partition coefficient (Wildman–Crippen LogP) is 4.36. The lowest BCUT2D eigenvalue weighted by atomic mass is 10.1. The first-order valence-corrected chi connectivity index (χ1v) is 10.3. The van der Waals surface area contributed by atoms with Gasteiger partial charge in [0.2, 0.25) is 6.17 Å². The molecule has 3 rings (SSSR count). The minimum atomic E-state index is -6.10.